The van der Waals surface area contributed by atoms with Crippen LogP contribution in [0.4, 0.5) is 11.4 Å². The number of thiophene rings is 1. The molecule has 0 atom stereocenters. The fraction of sp³-hybridized carbons (Fsp3) is 0.0526. The first kappa shape index (κ1) is 18.3. The summed E-state index contributed by atoms with van der Waals surface area (Å²) in [4.78, 5) is 35.2. The highest BCUT2D eigenvalue weighted by atomic mass is 32.1. The van der Waals surface area contributed by atoms with Gasteiger partial charge in [0.2, 0.25) is 0 Å². The van der Waals surface area contributed by atoms with Gasteiger partial charge in [-0.3, -0.25) is 14.9 Å². The van der Waals surface area contributed by atoms with Gasteiger partial charge in [-0.05, 0) is 41.8 Å². The van der Waals surface area contributed by atoms with Gasteiger partial charge in [-0.15, -0.1) is 11.3 Å². The molecule has 0 spiro atoms. The zero-order valence-electron chi connectivity index (χ0n) is 14.0. The Kier molecular flexibility index (Phi) is 5.58. The zero-order valence-corrected chi connectivity index (χ0v) is 14.8. The van der Waals surface area contributed by atoms with Crippen LogP contribution in [0.3, 0.4) is 0 Å². The molecule has 1 heterocycles. The normalized spacial score (nSPS) is 10.2. The van der Waals surface area contributed by atoms with Crippen LogP contribution in [-0.4, -0.2) is 16.8 Å². The average molecular weight is 382 g/mol. The topological polar surface area (TPSA) is 98.5 Å². The lowest BCUT2D eigenvalue weighted by atomic mass is 10.2. The van der Waals surface area contributed by atoms with Crippen LogP contribution in [0.1, 0.15) is 25.6 Å². The number of esters is 1. The summed E-state index contributed by atoms with van der Waals surface area (Å²) < 4.78 is 5.16. The van der Waals surface area contributed by atoms with Crippen molar-refractivity contribution in [3.05, 3.63) is 92.2 Å². The number of para-hydroxylation sites is 1. The molecule has 0 radical (unpaired) electrons. The van der Waals surface area contributed by atoms with E-state index in [1.54, 1.807) is 36.4 Å². The molecule has 136 valence electrons. The van der Waals surface area contributed by atoms with Crippen molar-refractivity contribution >= 4 is 34.6 Å². The van der Waals surface area contributed by atoms with Crippen LogP contribution in [-0.2, 0) is 11.3 Å². The van der Waals surface area contributed by atoms with E-state index in [0.717, 1.165) is 0 Å². The van der Waals surface area contributed by atoms with Gasteiger partial charge < -0.3 is 10.1 Å². The Hall–Kier alpha value is -3.52. The minimum Gasteiger partial charge on any atom is -0.457 e. The summed E-state index contributed by atoms with van der Waals surface area (Å²) in [5, 5.41) is 15.5. The van der Waals surface area contributed by atoms with Crippen LogP contribution in [0.2, 0.25) is 0 Å². The van der Waals surface area contributed by atoms with Gasteiger partial charge in [0, 0.05) is 11.8 Å². The van der Waals surface area contributed by atoms with Crippen LogP contribution in [0.5, 0.6) is 0 Å². The average Bonchev–Trinajstić information content (AvgIpc) is 3.22. The number of amides is 1. The molecule has 0 aliphatic carbocycles. The molecule has 1 amide bonds. The number of benzene rings is 2. The third-order valence-electron chi connectivity index (χ3n) is 3.67. The Labute approximate surface area is 158 Å². The molecule has 0 bridgehead atoms. The number of nitro benzene ring substituents is 1. The van der Waals surface area contributed by atoms with Crippen LogP contribution in [0, 0.1) is 10.1 Å². The highest BCUT2D eigenvalue weighted by Crippen LogP contribution is 2.19. The summed E-state index contributed by atoms with van der Waals surface area (Å²) in [6.45, 7) is -0.202. The van der Waals surface area contributed by atoms with Crippen LogP contribution in [0.25, 0.3) is 0 Å². The van der Waals surface area contributed by atoms with Gasteiger partial charge in [0.25, 0.3) is 11.6 Å². The molecule has 0 saturated heterocycles. The molecule has 1 N–H and O–H groups in total. The number of ether oxygens (including phenoxy) is 1. The van der Waals surface area contributed by atoms with Crippen molar-refractivity contribution < 1.29 is 19.2 Å². The van der Waals surface area contributed by atoms with E-state index < -0.39 is 10.9 Å². The van der Waals surface area contributed by atoms with Crippen molar-refractivity contribution in [2.75, 3.05) is 5.32 Å². The van der Waals surface area contributed by atoms with Gasteiger partial charge in [-0.2, -0.15) is 0 Å². The first-order chi connectivity index (χ1) is 13.0. The van der Waals surface area contributed by atoms with E-state index in [4.69, 9.17) is 4.74 Å². The molecule has 3 aromatic rings. The molecular formula is C19H14N2O5S. The Balaban J connectivity index is 1.61. The summed E-state index contributed by atoms with van der Waals surface area (Å²) in [5.41, 5.74) is 1.04. The molecular weight excluding hydrogens is 368 g/mol. The maximum atomic E-state index is 12.1. The first-order valence-corrected chi connectivity index (χ1v) is 8.77. The number of nitrogens with one attached hydrogen (secondary N) is 1. The summed E-state index contributed by atoms with van der Waals surface area (Å²) >= 11 is 1.33. The second-order valence-corrected chi connectivity index (χ2v) is 6.42. The number of rotatable bonds is 6. The number of carbonyl (C=O) groups is 2. The molecule has 0 aliphatic heterocycles. The summed E-state index contributed by atoms with van der Waals surface area (Å²) in [5.74, 6) is -0.832. The molecule has 0 unspecified atom stereocenters. The maximum absolute atomic E-state index is 12.1. The third-order valence-corrected chi connectivity index (χ3v) is 4.54. The summed E-state index contributed by atoms with van der Waals surface area (Å²) in [6.07, 6.45) is 0. The Bertz CT molecular complexity index is 968. The van der Waals surface area contributed by atoms with Gasteiger partial charge in [0.1, 0.15) is 6.61 Å². The standard InChI is InChI=1S/C19H14N2O5S/c22-18(17-6-3-11-27-17)20-15-9-7-13(8-10-15)19(23)26-12-14-4-1-2-5-16(14)21(24)25/h1-11H,12H2,(H,20,22). The molecule has 27 heavy (non-hydrogen) atoms. The van der Waals surface area contributed by atoms with E-state index >= 15 is 0 Å². The molecule has 0 aliphatic rings. The molecule has 0 saturated carbocycles. The lowest BCUT2D eigenvalue weighted by Gasteiger charge is -2.07. The van der Waals surface area contributed by atoms with Crippen molar-refractivity contribution in [2.45, 2.75) is 6.61 Å². The fourth-order valence-electron chi connectivity index (χ4n) is 2.33. The number of hydrogen-bond donors (Lipinski definition) is 1. The third kappa shape index (κ3) is 4.56. The molecule has 1 aromatic heterocycles. The first-order valence-electron chi connectivity index (χ1n) is 7.89. The highest BCUT2D eigenvalue weighted by molar-refractivity contribution is 7.12. The van der Waals surface area contributed by atoms with Crippen LogP contribution < -0.4 is 5.32 Å². The smallest absolute Gasteiger partial charge is 0.338 e. The van der Waals surface area contributed by atoms with E-state index in [-0.39, 0.29) is 23.8 Å². The summed E-state index contributed by atoms with van der Waals surface area (Å²) in [6, 6.07) is 15.8. The number of anilines is 1. The van der Waals surface area contributed by atoms with Crippen LogP contribution in [0.15, 0.2) is 66.0 Å². The quantitative estimate of drug-likeness (QED) is 0.390. The monoisotopic (exact) mass is 382 g/mol. The van der Waals surface area contributed by atoms with E-state index in [0.29, 0.717) is 16.1 Å². The van der Waals surface area contributed by atoms with E-state index in [1.165, 1.54) is 35.6 Å². The Morgan fingerprint density at radius 3 is 2.44 bits per heavy atom. The molecule has 7 nitrogen and oxygen atoms in total. The van der Waals surface area contributed by atoms with Gasteiger partial charge >= 0.3 is 5.97 Å². The van der Waals surface area contributed by atoms with Crippen molar-refractivity contribution in [1.29, 1.82) is 0 Å². The van der Waals surface area contributed by atoms with Gasteiger partial charge in [-0.25, -0.2) is 4.79 Å². The molecule has 0 fully saturated rings. The van der Waals surface area contributed by atoms with Crippen molar-refractivity contribution in [3.63, 3.8) is 0 Å². The Morgan fingerprint density at radius 1 is 1.04 bits per heavy atom. The van der Waals surface area contributed by atoms with Crippen molar-refractivity contribution in [3.8, 4) is 0 Å². The maximum Gasteiger partial charge on any atom is 0.338 e. The minimum atomic E-state index is -0.607. The minimum absolute atomic E-state index is 0.100. The lowest BCUT2D eigenvalue weighted by molar-refractivity contribution is -0.385. The van der Waals surface area contributed by atoms with Gasteiger partial charge in [-0.1, -0.05) is 18.2 Å². The fourth-order valence-corrected chi connectivity index (χ4v) is 2.95. The molecule has 2 aromatic carbocycles. The molecule has 3 rings (SSSR count). The lowest BCUT2D eigenvalue weighted by Crippen LogP contribution is -2.10. The van der Waals surface area contributed by atoms with Gasteiger partial charge in [0.15, 0.2) is 0 Å². The van der Waals surface area contributed by atoms with Crippen molar-refractivity contribution in [2.24, 2.45) is 0 Å². The SMILES string of the molecule is O=C(OCc1ccccc1[N+](=O)[O-])c1ccc(NC(=O)c2cccs2)cc1. The zero-order chi connectivity index (χ0) is 19.2. The summed E-state index contributed by atoms with van der Waals surface area (Å²) in [7, 11) is 0. The number of nitrogens with zero attached hydrogens (tertiary/aromatic N) is 1. The van der Waals surface area contributed by atoms with E-state index in [2.05, 4.69) is 5.32 Å². The van der Waals surface area contributed by atoms with Gasteiger partial charge in [0.05, 0.1) is 20.9 Å². The second kappa shape index (κ2) is 8.24. The predicted molar refractivity (Wildman–Crippen MR) is 101 cm³/mol. The highest BCUT2D eigenvalue weighted by Gasteiger charge is 2.15. The van der Waals surface area contributed by atoms with E-state index in [9.17, 15) is 19.7 Å². The Morgan fingerprint density at radius 2 is 1.78 bits per heavy atom. The van der Waals surface area contributed by atoms with Crippen molar-refractivity contribution in [1.82, 2.24) is 0 Å². The second-order valence-electron chi connectivity index (χ2n) is 5.47. The molecule has 8 heteroatoms. The van der Waals surface area contributed by atoms with E-state index in [1.807, 2.05) is 5.38 Å². The predicted octanol–water partition coefficient (Wildman–Crippen LogP) is 4.27. The number of nitro groups is 1. The number of hydrogen-bond acceptors (Lipinski definition) is 6. The van der Waals surface area contributed by atoms with Crippen LogP contribution >= 0.6 is 11.3 Å². The largest absolute Gasteiger partial charge is 0.457 e. The number of carbonyl (C=O) groups excluding carboxylic acids is 2.